The fraction of sp³-hybridized carbons (Fsp3) is 0.692. The lowest BCUT2D eigenvalue weighted by Gasteiger charge is -2.15. The van der Waals surface area contributed by atoms with Crippen LogP contribution in [0.4, 0.5) is 0 Å². The summed E-state index contributed by atoms with van der Waals surface area (Å²) < 4.78 is 5.13. The summed E-state index contributed by atoms with van der Waals surface area (Å²) in [6.45, 7) is 5.42. The highest BCUT2D eigenvalue weighted by Gasteiger charge is 2.10. The molecular formula is C13H23NO. The van der Waals surface area contributed by atoms with Crippen LogP contribution < -0.4 is 5.32 Å². The van der Waals surface area contributed by atoms with Gasteiger partial charge in [-0.05, 0) is 19.0 Å². The van der Waals surface area contributed by atoms with E-state index in [1.807, 2.05) is 6.26 Å². The largest absolute Gasteiger partial charge is 0.472 e. The van der Waals surface area contributed by atoms with Gasteiger partial charge in [-0.1, -0.05) is 39.5 Å². The van der Waals surface area contributed by atoms with Crippen molar-refractivity contribution in [1.82, 2.24) is 5.32 Å². The Labute approximate surface area is 93.1 Å². The Kier molecular flexibility index (Phi) is 6.17. The van der Waals surface area contributed by atoms with Crippen molar-refractivity contribution in [3.05, 3.63) is 24.2 Å². The Morgan fingerprint density at radius 3 is 2.73 bits per heavy atom. The van der Waals surface area contributed by atoms with E-state index in [4.69, 9.17) is 4.42 Å². The molecule has 0 bridgehead atoms. The number of unbranched alkanes of at least 4 members (excludes halogenated alkanes) is 3. The van der Waals surface area contributed by atoms with Gasteiger partial charge >= 0.3 is 0 Å². The van der Waals surface area contributed by atoms with Gasteiger partial charge in [0.25, 0.3) is 0 Å². The third kappa shape index (κ3) is 4.52. The molecule has 0 aromatic carbocycles. The third-order valence-corrected chi connectivity index (χ3v) is 2.74. The number of hydrogen-bond acceptors (Lipinski definition) is 2. The maximum Gasteiger partial charge on any atom is 0.0950 e. The van der Waals surface area contributed by atoms with Gasteiger partial charge in [-0.3, -0.25) is 0 Å². The Hall–Kier alpha value is -0.760. The van der Waals surface area contributed by atoms with Crippen LogP contribution in [0.15, 0.2) is 23.0 Å². The fourth-order valence-electron chi connectivity index (χ4n) is 1.88. The topological polar surface area (TPSA) is 25.2 Å². The van der Waals surface area contributed by atoms with Gasteiger partial charge in [0, 0.05) is 11.6 Å². The molecule has 1 unspecified atom stereocenters. The van der Waals surface area contributed by atoms with Crippen molar-refractivity contribution in [2.45, 2.75) is 52.0 Å². The molecule has 15 heavy (non-hydrogen) atoms. The Morgan fingerprint density at radius 2 is 2.13 bits per heavy atom. The second-order valence-electron chi connectivity index (χ2n) is 4.02. The SMILES string of the molecule is CCCCCCC(NCC)c1ccoc1. The predicted octanol–water partition coefficient (Wildman–Crippen LogP) is 3.90. The quantitative estimate of drug-likeness (QED) is 0.657. The maximum atomic E-state index is 5.13. The van der Waals surface area contributed by atoms with Crippen LogP contribution in [0.1, 0.15) is 57.6 Å². The van der Waals surface area contributed by atoms with Gasteiger partial charge in [-0.15, -0.1) is 0 Å². The lowest BCUT2D eigenvalue weighted by molar-refractivity contribution is 0.474. The zero-order valence-electron chi connectivity index (χ0n) is 9.96. The zero-order valence-corrected chi connectivity index (χ0v) is 9.96. The molecule has 1 aromatic rings. The summed E-state index contributed by atoms with van der Waals surface area (Å²) in [7, 11) is 0. The minimum atomic E-state index is 0.477. The lowest BCUT2D eigenvalue weighted by atomic mass is 10.0. The monoisotopic (exact) mass is 209 g/mol. The molecule has 1 atom stereocenters. The molecule has 0 aliphatic heterocycles. The smallest absolute Gasteiger partial charge is 0.0950 e. The van der Waals surface area contributed by atoms with Gasteiger partial charge in [-0.25, -0.2) is 0 Å². The van der Waals surface area contributed by atoms with Gasteiger partial charge in [0.2, 0.25) is 0 Å². The number of hydrogen-bond donors (Lipinski definition) is 1. The second kappa shape index (κ2) is 7.52. The molecule has 0 saturated carbocycles. The lowest BCUT2D eigenvalue weighted by Crippen LogP contribution is -2.20. The van der Waals surface area contributed by atoms with Crippen molar-refractivity contribution in [2.24, 2.45) is 0 Å². The summed E-state index contributed by atoms with van der Waals surface area (Å²) >= 11 is 0. The molecule has 0 radical (unpaired) electrons. The standard InChI is InChI=1S/C13H23NO/c1-3-5-6-7-8-13(14-4-2)12-9-10-15-11-12/h9-11,13-14H,3-8H2,1-2H3. The first-order chi connectivity index (χ1) is 7.38. The molecule has 86 valence electrons. The van der Waals surface area contributed by atoms with E-state index < -0.39 is 0 Å². The van der Waals surface area contributed by atoms with Gasteiger partial charge in [0.05, 0.1) is 12.5 Å². The van der Waals surface area contributed by atoms with Crippen LogP contribution in [-0.4, -0.2) is 6.54 Å². The predicted molar refractivity (Wildman–Crippen MR) is 63.9 cm³/mol. The number of furan rings is 1. The van der Waals surface area contributed by atoms with E-state index in [0.717, 1.165) is 6.54 Å². The summed E-state index contributed by atoms with van der Waals surface area (Å²) in [5.41, 5.74) is 1.29. The van der Waals surface area contributed by atoms with Crippen LogP contribution in [-0.2, 0) is 0 Å². The summed E-state index contributed by atoms with van der Waals surface area (Å²) in [6, 6.07) is 2.54. The van der Waals surface area contributed by atoms with Crippen LogP contribution in [0.3, 0.4) is 0 Å². The van der Waals surface area contributed by atoms with Crippen LogP contribution in [0.25, 0.3) is 0 Å². The van der Waals surface area contributed by atoms with Gasteiger partial charge in [-0.2, -0.15) is 0 Å². The molecule has 1 rings (SSSR count). The Morgan fingerprint density at radius 1 is 1.27 bits per heavy atom. The second-order valence-corrected chi connectivity index (χ2v) is 4.02. The minimum absolute atomic E-state index is 0.477. The molecule has 1 aromatic heterocycles. The third-order valence-electron chi connectivity index (χ3n) is 2.74. The van der Waals surface area contributed by atoms with E-state index >= 15 is 0 Å². The molecular weight excluding hydrogens is 186 g/mol. The van der Waals surface area contributed by atoms with E-state index in [1.54, 1.807) is 6.26 Å². The van der Waals surface area contributed by atoms with Crippen molar-refractivity contribution >= 4 is 0 Å². The van der Waals surface area contributed by atoms with Crippen molar-refractivity contribution < 1.29 is 4.42 Å². The molecule has 1 N–H and O–H groups in total. The first-order valence-corrected chi connectivity index (χ1v) is 6.14. The van der Waals surface area contributed by atoms with Crippen LogP contribution in [0.5, 0.6) is 0 Å². The number of rotatable bonds is 8. The van der Waals surface area contributed by atoms with E-state index in [-0.39, 0.29) is 0 Å². The van der Waals surface area contributed by atoms with E-state index in [0.29, 0.717) is 6.04 Å². The summed E-state index contributed by atoms with van der Waals surface area (Å²) in [6.07, 6.45) is 10.1. The fourth-order valence-corrected chi connectivity index (χ4v) is 1.88. The van der Waals surface area contributed by atoms with Gasteiger partial charge in [0.1, 0.15) is 0 Å². The Bertz CT molecular complexity index is 231. The molecule has 0 saturated heterocycles. The summed E-state index contributed by atoms with van der Waals surface area (Å²) in [5.74, 6) is 0. The normalized spacial score (nSPS) is 12.9. The zero-order chi connectivity index (χ0) is 10.9. The molecule has 0 aliphatic rings. The molecule has 2 heteroatoms. The van der Waals surface area contributed by atoms with Crippen molar-refractivity contribution in [3.8, 4) is 0 Å². The average Bonchev–Trinajstić information content (AvgIpc) is 2.76. The molecule has 0 spiro atoms. The van der Waals surface area contributed by atoms with Crippen molar-refractivity contribution in [1.29, 1.82) is 0 Å². The molecule has 0 aliphatic carbocycles. The van der Waals surface area contributed by atoms with Gasteiger partial charge < -0.3 is 9.73 Å². The van der Waals surface area contributed by atoms with Crippen molar-refractivity contribution in [2.75, 3.05) is 6.54 Å². The number of nitrogens with one attached hydrogen (secondary N) is 1. The van der Waals surface area contributed by atoms with Crippen LogP contribution >= 0.6 is 0 Å². The van der Waals surface area contributed by atoms with Crippen molar-refractivity contribution in [3.63, 3.8) is 0 Å². The maximum absolute atomic E-state index is 5.13. The first-order valence-electron chi connectivity index (χ1n) is 6.14. The Balaban J connectivity index is 2.31. The summed E-state index contributed by atoms with van der Waals surface area (Å²) in [4.78, 5) is 0. The van der Waals surface area contributed by atoms with E-state index in [9.17, 15) is 0 Å². The highest BCUT2D eigenvalue weighted by Crippen LogP contribution is 2.20. The van der Waals surface area contributed by atoms with E-state index in [1.165, 1.54) is 37.7 Å². The minimum Gasteiger partial charge on any atom is -0.472 e. The molecule has 0 amide bonds. The highest BCUT2D eigenvalue weighted by atomic mass is 16.3. The van der Waals surface area contributed by atoms with Gasteiger partial charge in [0.15, 0.2) is 0 Å². The highest BCUT2D eigenvalue weighted by molar-refractivity contribution is 5.11. The van der Waals surface area contributed by atoms with E-state index in [2.05, 4.69) is 25.2 Å². The average molecular weight is 209 g/mol. The molecule has 2 nitrogen and oxygen atoms in total. The molecule has 0 fully saturated rings. The molecule has 1 heterocycles. The van der Waals surface area contributed by atoms with Crippen LogP contribution in [0, 0.1) is 0 Å². The summed E-state index contributed by atoms with van der Waals surface area (Å²) in [5, 5.41) is 3.50. The van der Waals surface area contributed by atoms with Crippen LogP contribution in [0.2, 0.25) is 0 Å². The first kappa shape index (κ1) is 12.3.